The summed E-state index contributed by atoms with van der Waals surface area (Å²) < 4.78 is 0. The average Bonchev–Trinajstić information content (AvgIpc) is 2.56. The zero-order valence-electron chi connectivity index (χ0n) is 11.0. The lowest BCUT2D eigenvalue weighted by molar-refractivity contribution is 0.0958. The Labute approximate surface area is 95.2 Å². The molecule has 0 spiro atoms. The van der Waals surface area contributed by atoms with Crippen molar-refractivity contribution in [3.05, 3.63) is 0 Å². The van der Waals surface area contributed by atoms with E-state index in [1.807, 2.05) is 0 Å². The van der Waals surface area contributed by atoms with Crippen molar-refractivity contribution in [1.82, 2.24) is 4.90 Å². The molecular formula is C13H28N2. The highest BCUT2D eigenvalue weighted by atomic mass is 15.2. The Morgan fingerprint density at radius 1 is 1.33 bits per heavy atom. The molecule has 90 valence electrons. The van der Waals surface area contributed by atoms with E-state index in [4.69, 9.17) is 5.73 Å². The summed E-state index contributed by atoms with van der Waals surface area (Å²) in [4.78, 5) is 2.65. The second-order valence-corrected chi connectivity index (χ2v) is 5.87. The van der Waals surface area contributed by atoms with Gasteiger partial charge in [-0.15, -0.1) is 0 Å². The van der Waals surface area contributed by atoms with Gasteiger partial charge in [0.2, 0.25) is 0 Å². The zero-order valence-corrected chi connectivity index (χ0v) is 11.0. The minimum atomic E-state index is 0.280. The van der Waals surface area contributed by atoms with E-state index in [-0.39, 0.29) is 5.54 Å². The SMILES string of the molecule is CCCC(CC)(CN)N1CCC(C)(C)C1. The Hall–Kier alpha value is -0.0800. The molecule has 1 unspecified atom stereocenters. The fourth-order valence-corrected chi connectivity index (χ4v) is 2.92. The summed E-state index contributed by atoms with van der Waals surface area (Å²) in [6, 6.07) is 0. The minimum Gasteiger partial charge on any atom is -0.329 e. The Morgan fingerprint density at radius 2 is 2.00 bits per heavy atom. The fraction of sp³-hybridized carbons (Fsp3) is 1.00. The summed E-state index contributed by atoms with van der Waals surface area (Å²) in [5.41, 5.74) is 6.80. The molecule has 2 N–H and O–H groups in total. The van der Waals surface area contributed by atoms with Gasteiger partial charge >= 0.3 is 0 Å². The van der Waals surface area contributed by atoms with Gasteiger partial charge < -0.3 is 5.73 Å². The molecule has 2 heteroatoms. The summed E-state index contributed by atoms with van der Waals surface area (Å²) in [7, 11) is 0. The van der Waals surface area contributed by atoms with Crippen LogP contribution in [0.3, 0.4) is 0 Å². The van der Waals surface area contributed by atoms with E-state index in [0.717, 1.165) is 6.54 Å². The van der Waals surface area contributed by atoms with Crippen molar-refractivity contribution in [2.24, 2.45) is 11.1 Å². The Morgan fingerprint density at radius 3 is 2.33 bits per heavy atom. The molecule has 1 aliphatic rings. The number of hydrogen-bond donors (Lipinski definition) is 1. The Balaban J connectivity index is 2.73. The Bertz CT molecular complexity index is 195. The second kappa shape index (κ2) is 4.84. The van der Waals surface area contributed by atoms with Crippen molar-refractivity contribution < 1.29 is 0 Å². The molecule has 0 bridgehead atoms. The smallest absolute Gasteiger partial charge is 0.0329 e. The number of likely N-dealkylation sites (tertiary alicyclic amines) is 1. The van der Waals surface area contributed by atoms with Gasteiger partial charge in [0, 0.05) is 18.6 Å². The van der Waals surface area contributed by atoms with Crippen LogP contribution in [-0.2, 0) is 0 Å². The first-order valence-corrected chi connectivity index (χ1v) is 6.45. The van der Waals surface area contributed by atoms with Gasteiger partial charge in [-0.25, -0.2) is 0 Å². The summed E-state index contributed by atoms with van der Waals surface area (Å²) >= 11 is 0. The molecule has 0 saturated carbocycles. The molecule has 0 radical (unpaired) electrons. The maximum absolute atomic E-state index is 6.03. The topological polar surface area (TPSA) is 29.3 Å². The van der Waals surface area contributed by atoms with Crippen molar-refractivity contribution in [3.8, 4) is 0 Å². The van der Waals surface area contributed by atoms with Crippen LogP contribution in [0, 0.1) is 5.41 Å². The van der Waals surface area contributed by atoms with Crippen LogP contribution < -0.4 is 5.73 Å². The van der Waals surface area contributed by atoms with E-state index in [9.17, 15) is 0 Å². The molecule has 0 amide bonds. The fourth-order valence-electron chi connectivity index (χ4n) is 2.92. The molecule has 15 heavy (non-hydrogen) atoms. The number of nitrogens with zero attached hydrogens (tertiary/aromatic N) is 1. The first kappa shape index (κ1) is 13.0. The van der Waals surface area contributed by atoms with E-state index in [1.165, 1.54) is 38.8 Å². The normalized spacial score (nSPS) is 25.4. The van der Waals surface area contributed by atoms with Crippen LogP contribution in [0.5, 0.6) is 0 Å². The Kier molecular flexibility index (Phi) is 4.19. The standard InChI is InChI=1S/C13H28N2/c1-5-7-13(6-2,10-14)15-9-8-12(3,4)11-15/h5-11,14H2,1-4H3. The number of rotatable bonds is 5. The van der Waals surface area contributed by atoms with Crippen molar-refractivity contribution in [2.75, 3.05) is 19.6 Å². The molecule has 1 fully saturated rings. The van der Waals surface area contributed by atoms with Crippen LogP contribution in [-0.4, -0.2) is 30.1 Å². The molecule has 0 aromatic rings. The van der Waals surface area contributed by atoms with Crippen LogP contribution in [0.25, 0.3) is 0 Å². The maximum atomic E-state index is 6.03. The third kappa shape index (κ3) is 2.73. The van der Waals surface area contributed by atoms with Gasteiger partial charge in [-0.3, -0.25) is 4.90 Å². The van der Waals surface area contributed by atoms with Crippen molar-refractivity contribution >= 4 is 0 Å². The quantitative estimate of drug-likeness (QED) is 0.759. The molecule has 1 saturated heterocycles. The van der Waals surface area contributed by atoms with Gasteiger partial charge in [0.1, 0.15) is 0 Å². The summed E-state index contributed by atoms with van der Waals surface area (Å²) in [5.74, 6) is 0. The lowest BCUT2D eigenvalue weighted by Gasteiger charge is -2.41. The van der Waals surface area contributed by atoms with Gasteiger partial charge in [0.15, 0.2) is 0 Å². The number of nitrogens with two attached hydrogens (primary N) is 1. The van der Waals surface area contributed by atoms with E-state index >= 15 is 0 Å². The van der Waals surface area contributed by atoms with Crippen molar-refractivity contribution in [2.45, 2.75) is 58.9 Å². The molecule has 1 atom stereocenters. The van der Waals surface area contributed by atoms with Gasteiger partial charge in [0.25, 0.3) is 0 Å². The molecule has 0 aromatic heterocycles. The van der Waals surface area contributed by atoms with E-state index in [2.05, 4.69) is 32.6 Å². The van der Waals surface area contributed by atoms with Crippen molar-refractivity contribution in [1.29, 1.82) is 0 Å². The highest BCUT2D eigenvalue weighted by molar-refractivity contribution is 4.96. The second-order valence-electron chi connectivity index (χ2n) is 5.87. The van der Waals surface area contributed by atoms with E-state index in [0.29, 0.717) is 5.41 Å². The van der Waals surface area contributed by atoms with Gasteiger partial charge in [-0.2, -0.15) is 0 Å². The lowest BCUT2D eigenvalue weighted by atomic mass is 9.88. The van der Waals surface area contributed by atoms with Crippen molar-refractivity contribution in [3.63, 3.8) is 0 Å². The van der Waals surface area contributed by atoms with Gasteiger partial charge in [-0.05, 0) is 31.2 Å². The van der Waals surface area contributed by atoms with Crippen LogP contribution in [0.15, 0.2) is 0 Å². The van der Waals surface area contributed by atoms with E-state index in [1.54, 1.807) is 0 Å². The zero-order chi connectivity index (χ0) is 11.5. The maximum Gasteiger partial charge on any atom is 0.0329 e. The highest BCUT2D eigenvalue weighted by Crippen LogP contribution is 2.36. The molecule has 0 aliphatic carbocycles. The summed E-state index contributed by atoms with van der Waals surface area (Å²) in [6.07, 6.45) is 4.99. The molecule has 1 heterocycles. The first-order valence-electron chi connectivity index (χ1n) is 6.45. The van der Waals surface area contributed by atoms with Crippen LogP contribution in [0.1, 0.15) is 53.4 Å². The highest BCUT2D eigenvalue weighted by Gasteiger charge is 2.40. The van der Waals surface area contributed by atoms with Gasteiger partial charge in [-0.1, -0.05) is 34.1 Å². The molecule has 1 rings (SSSR count). The van der Waals surface area contributed by atoms with Crippen LogP contribution >= 0.6 is 0 Å². The molecule has 1 aliphatic heterocycles. The summed E-state index contributed by atoms with van der Waals surface area (Å²) in [6.45, 7) is 12.6. The summed E-state index contributed by atoms with van der Waals surface area (Å²) in [5, 5.41) is 0. The van der Waals surface area contributed by atoms with E-state index < -0.39 is 0 Å². The average molecular weight is 212 g/mol. The lowest BCUT2D eigenvalue weighted by Crippen LogP contribution is -2.52. The predicted octanol–water partition coefficient (Wildman–Crippen LogP) is 2.63. The van der Waals surface area contributed by atoms with Gasteiger partial charge in [0.05, 0.1) is 0 Å². The predicted molar refractivity (Wildman–Crippen MR) is 67.0 cm³/mol. The first-order chi connectivity index (χ1) is 6.99. The number of hydrogen-bond acceptors (Lipinski definition) is 2. The van der Waals surface area contributed by atoms with Crippen LogP contribution in [0.4, 0.5) is 0 Å². The third-order valence-corrected chi connectivity index (χ3v) is 4.10. The third-order valence-electron chi connectivity index (χ3n) is 4.10. The minimum absolute atomic E-state index is 0.280. The largest absolute Gasteiger partial charge is 0.329 e. The molecular weight excluding hydrogens is 184 g/mol. The van der Waals surface area contributed by atoms with Crippen LogP contribution in [0.2, 0.25) is 0 Å². The molecule has 2 nitrogen and oxygen atoms in total. The monoisotopic (exact) mass is 212 g/mol. The molecule has 0 aromatic carbocycles.